The SMILES string of the molecule is O=C(Nc1cccc(Cl)c1Cl)c1ccc(NC2=C(Cl)C(=O)N(c3cc(Cl)ccc3Cl)C2=O)cc1. The Kier molecular flexibility index (Phi) is 7.07. The summed E-state index contributed by atoms with van der Waals surface area (Å²) in [7, 11) is 0. The molecule has 4 rings (SSSR count). The Balaban J connectivity index is 1.51. The minimum absolute atomic E-state index is 0.116. The van der Waals surface area contributed by atoms with E-state index in [2.05, 4.69) is 10.6 Å². The number of carbonyl (C=O) groups excluding carboxylic acids is 3. The van der Waals surface area contributed by atoms with Crippen molar-refractivity contribution >= 4 is 92.8 Å². The maximum atomic E-state index is 12.9. The van der Waals surface area contributed by atoms with Gasteiger partial charge in [0.15, 0.2) is 0 Å². The second kappa shape index (κ2) is 9.86. The Morgan fingerprint density at radius 2 is 1.50 bits per heavy atom. The van der Waals surface area contributed by atoms with Crippen molar-refractivity contribution in [1.29, 1.82) is 0 Å². The van der Waals surface area contributed by atoms with E-state index in [-0.39, 0.29) is 26.5 Å². The average molecular weight is 556 g/mol. The number of hydrogen-bond donors (Lipinski definition) is 2. The first kappa shape index (κ1) is 24.4. The van der Waals surface area contributed by atoms with Crippen LogP contribution in [0.5, 0.6) is 0 Å². The van der Waals surface area contributed by atoms with Gasteiger partial charge in [-0.25, -0.2) is 4.90 Å². The number of nitrogens with one attached hydrogen (secondary N) is 2. The highest BCUT2D eigenvalue weighted by atomic mass is 35.5. The van der Waals surface area contributed by atoms with Gasteiger partial charge in [-0.15, -0.1) is 0 Å². The predicted molar refractivity (Wildman–Crippen MR) is 136 cm³/mol. The van der Waals surface area contributed by atoms with E-state index in [1.54, 1.807) is 30.3 Å². The van der Waals surface area contributed by atoms with Crippen LogP contribution in [-0.2, 0) is 9.59 Å². The number of carbonyl (C=O) groups is 3. The van der Waals surface area contributed by atoms with E-state index in [9.17, 15) is 14.4 Å². The zero-order valence-corrected chi connectivity index (χ0v) is 20.6. The smallest absolute Gasteiger partial charge is 0.283 e. The molecule has 11 heteroatoms. The standard InChI is InChI=1S/C23H12Cl5N3O3/c24-12-6-9-14(25)17(10-12)31-22(33)19(28)20(23(31)34)29-13-7-4-11(5-8-13)21(32)30-16-3-1-2-15(26)18(16)27/h1-10,29H,(H,30,32). The van der Waals surface area contributed by atoms with Crippen molar-refractivity contribution in [2.45, 2.75) is 0 Å². The Labute approximate surface area is 219 Å². The molecule has 1 heterocycles. The van der Waals surface area contributed by atoms with Crippen LogP contribution >= 0.6 is 58.0 Å². The highest BCUT2D eigenvalue weighted by Crippen LogP contribution is 2.36. The van der Waals surface area contributed by atoms with Gasteiger partial charge in [-0.1, -0.05) is 64.1 Å². The van der Waals surface area contributed by atoms with Crippen molar-refractivity contribution in [1.82, 2.24) is 0 Å². The number of imide groups is 1. The summed E-state index contributed by atoms with van der Waals surface area (Å²) in [6, 6.07) is 15.4. The molecule has 6 nitrogen and oxygen atoms in total. The highest BCUT2D eigenvalue weighted by molar-refractivity contribution is 6.54. The number of benzene rings is 3. The minimum atomic E-state index is -0.743. The molecule has 1 aliphatic heterocycles. The van der Waals surface area contributed by atoms with Crippen LogP contribution in [0.3, 0.4) is 0 Å². The van der Waals surface area contributed by atoms with Crippen LogP contribution in [0.4, 0.5) is 17.1 Å². The minimum Gasteiger partial charge on any atom is -0.350 e. The first-order valence-electron chi connectivity index (χ1n) is 9.53. The summed E-state index contributed by atoms with van der Waals surface area (Å²) in [5, 5.41) is 6.19. The summed E-state index contributed by atoms with van der Waals surface area (Å²) >= 11 is 30.4. The van der Waals surface area contributed by atoms with Crippen LogP contribution in [0.2, 0.25) is 20.1 Å². The van der Waals surface area contributed by atoms with Gasteiger partial charge in [0.25, 0.3) is 17.7 Å². The van der Waals surface area contributed by atoms with E-state index in [1.807, 2.05) is 0 Å². The Hall–Kier alpha value is -2.74. The fourth-order valence-electron chi connectivity index (χ4n) is 3.13. The maximum absolute atomic E-state index is 12.9. The van der Waals surface area contributed by atoms with E-state index < -0.39 is 17.7 Å². The van der Waals surface area contributed by atoms with Gasteiger partial charge in [-0.3, -0.25) is 14.4 Å². The molecular formula is C23H12Cl5N3O3. The molecule has 0 fully saturated rings. The van der Waals surface area contributed by atoms with E-state index in [1.165, 1.54) is 30.3 Å². The second-order valence-electron chi connectivity index (χ2n) is 6.99. The molecule has 172 valence electrons. The molecule has 3 aromatic carbocycles. The number of anilines is 3. The molecule has 0 spiro atoms. The van der Waals surface area contributed by atoms with Crippen molar-refractivity contribution in [2.24, 2.45) is 0 Å². The maximum Gasteiger partial charge on any atom is 0.283 e. The molecule has 0 aromatic heterocycles. The van der Waals surface area contributed by atoms with Crippen molar-refractivity contribution < 1.29 is 14.4 Å². The topological polar surface area (TPSA) is 78.5 Å². The lowest BCUT2D eigenvalue weighted by molar-refractivity contribution is -0.120. The quantitative estimate of drug-likeness (QED) is 0.333. The second-order valence-corrected chi connectivity index (χ2v) is 9.00. The molecule has 0 saturated carbocycles. The van der Waals surface area contributed by atoms with Gasteiger partial charge in [0.1, 0.15) is 10.7 Å². The summed E-state index contributed by atoms with van der Waals surface area (Å²) in [6.45, 7) is 0. The first-order chi connectivity index (χ1) is 16.2. The molecule has 0 unspecified atom stereocenters. The molecule has 1 aliphatic rings. The molecule has 0 aliphatic carbocycles. The van der Waals surface area contributed by atoms with E-state index in [4.69, 9.17) is 58.0 Å². The van der Waals surface area contributed by atoms with Crippen LogP contribution < -0.4 is 15.5 Å². The molecule has 0 radical (unpaired) electrons. The normalized spacial score (nSPS) is 13.5. The largest absolute Gasteiger partial charge is 0.350 e. The summed E-state index contributed by atoms with van der Waals surface area (Å²) in [5.41, 5.74) is 1.10. The lowest BCUT2D eigenvalue weighted by Gasteiger charge is -2.17. The van der Waals surface area contributed by atoms with Gasteiger partial charge in [-0.2, -0.15) is 0 Å². The third-order valence-electron chi connectivity index (χ3n) is 4.79. The number of nitrogens with zero attached hydrogens (tertiary/aromatic N) is 1. The first-order valence-corrected chi connectivity index (χ1v) is 11.4. The fraction of sp³-hybridized carbons (Fsp3) is 0. The number of hydrogen-bond acceptors (Lipinski definition) is 4. The number of rotatable bonds is 5. The van der Waals surface area contributed by atoms with Crippen molar-refractivity contribution in [3.63, 3.8) is 0 Å². The lowest BCUT2D eigenvalue weighted by Crippen LogP contribution is -2.32. The highest BCUT2D eigenvalue weighted by Gasteiger charge is 2.40. The summed E-state index contributed by atoms with van der Waals surface area (Å²) in [5.74, 6) is -1.86. The average Bonchev–Trinajstić information content (AvgIpc) is 3.02. The van der Waals surface area contributed by atoms with Crippen molar-refractivity contribution in [3.8, 4) is 0 Å². The molecule has 0 bridgehead atoms. The third-order valence-corrected chi connectivity index (χ3v) is 6.52. The van der Waals surface area contributed by atoms with Gasteiger partial charge < -0.3 is 10.6 Å². The summed E-state index contributed by atoms with van der Waals surface area (Å²) < 4.78 is 0. The Morgan fingerprint density at radius 1 is 0.794 bits per heavy atom. The summed E-state index contributed by atoms with van der Waals surface area (Å²) in [4.78, 5) is 39.0. The number of halogens is 5. The molecular weight excluding hydrogens is 544 g/mol. The van der Waals surface area contributed by atoms with Gasteiger partial charge >= 0.3 is 0 Å². The predicted octanol–water partition coefficient (Wildman–Crippen LogP) is 6.99. The molecule has 0 saturated heterocycles. The van der Waals surface area contributed by atoms with Gasteiger partial charge in [0.05, 0.1) is 26.4 Å². The summed E-state index contributed by atoms with van der Waals surface area (Å²) in [6.07, 6.45) is 0. The Morgan fingerprint density at radius 3 is 2.21 bits per heavy atom. The fourth-order valence-corrected chi connectivity index (χ4v) is 4.06. The van der Waals surface area contributed by atoms with Crippen LogP contribution in [0.1, 0.15) is 10.4 Å². The van der Waals surface area contributed by atoms with Crippen LogP contribution in [0, 0.1) is 0 Å². The lowest BCUT2D eigenvalue weighted by atomic mass is 10.2. The van der Waals surface area contributed by atoms with Gasteiger partial charge in [0.2, 0.25) is 0 Å². The monoisotopic (exact) mass is 553 g/mol. The molecule has 2 N–H and O–H groups in total. The molecule has 34 heavy (non-hydrogen) atoms. The van der Waals surface area contributed by atoms with E-state index >= 15 is 0 Å². The van der Waals surface area contributed by atoms with Crippen LogP contribution in [-0.4, -0.2) is 17.7 Å². The van der Waals surface area contributed by atoms with Gasteiger partial charge in [-0.05, 0) is 54.6 Å². The molecule has 0 atom stereocenters. The molecule has 3 amide bonds. The van der Waals surface area contributed by atoms with Crippen LogP contribution in [0.15, 0.2) is 71.4 Å². The van der Waals surface area contributed by atoms with E-state index in [0.717, 1.165) is 4.90 Å². The van der Waals surface area contributed by atoms with Crippen molar-refractivity contribution in [2.75, 3.05) is 15.5 Å². The third kappa shape index (κ3) is 4.73. The van der Waals surface area contributed by atoms with E-state index in [0.29, 0.717) is 27.0 Å². The van der Waals surface area contributed by atoms with Crippen LogP contribution in [0.25, 0.3) is 0 Å². The molecule has 3 aromatic rings. The Bertz CT molecular complexity index is 1370. The zero-order valence-electron chi connectivity index (χ0n) is 16.8. The van der Waals surface area contributed by atoms with Gasteiger partial charge in [0, 0.05) is 16.3 Å². The zero-order chi connectivity index (χ0) is 24.6. The number of amides is 3. The van der Waals surface area contributed by atoms with Crippen molar-refractivity contribution in [3.05, 3.63) is 97.0 Å².